The molecule has 2 aliphatic heterocycles. The normalized spacial score (nSPS) is 49.9. The zero-order chi connectivity index (χ0) is 24.8. The molecule has 2 saturated heterocycles. The summed E-state index contributed by atoms with van der Waals surface area (Å²) in [6.45, 7) is 7.76. The lowest BCUT2D eigenvalue weighted by atomic mass is 9.36. The molecule has 2 saturated carbocycles. The van der Waals surface area contributed by atoms with Gasteiger partial charge in [0.2, 0.25) is 5.78 Å². The van der Waals surface area contributed by atoms with Crippen LogP contribution < -0.4 is 0 Å². The molecule has 0 aromatic rings. The molecule has 0 bridgehead atoms. The summed E-state index contributed by atoms with van der Waals surface area (Å²) < 4.78 is 16.4. The first-order valence-corrected chi connectivity index (χ1v) is 12.3. The maximum atomic E-state index is 13.8. The van der Waals surface area contributed by atoms with Gasteiger partial charge in [0, 0.05) is 28.6 Å². The predicted molar refractivity (Wildman–Crippen MR) is 118 cm³/mol. The maximum absolute atomic E-state index is 13.8. The molecule has 4 fully saturated rings. The second-order valence-corrected chi connectivity index (χ2v) is 11.8. The van der Waals surface area contributed by atoms with E-state index in [1.165, 1.54) is 7.11 Å². The lowest BCUT2D eigenvalue weighted by Gasteiger charge is -2.69. The summed E-state index contributed by atoms with van der Waals surface area (Å²) in [5, 5.41) is 11.7. The number of esters is 2. The van der Waals surface area contributed by atoms with Crippen molar-refractivity contribution < 1.29 is 38.5 Å². The number of methoxy groups -OCH3 is 1. The lowest BCUT2D eigenvalue weighted by molar-refractivity contribution is -0.268. The van der Waals surface area contributed by atoms with Gasteiger partial charge in [0.05, 0.1) is 25.6 Å². The molecule has 2 heterocycles. The lowest BCUT2D eigenvalue weighted by Crippen LogP contribution is -2.73. The Morgan fingerprint density at radius 2 is 1.85 bits per heavy atom. The SMILES string of the molecule is COC1=C[C@@H](C)[C@@H]2C[C@H]3OC(=O)C[C@@H]4[C@@]3(C)[C@H]([C@H](O)C[C@@]4(C)C(=O)[C@H]3COC(=O)C3)[C@@]2(C)C1=O. The van der Waals surface area contributed by atoms with Crippen LogP contribution >= 0.6 is 0 Å². The molecule has 5 rings (SSSR count). The fourth-order valence-corrected chi connectivity index (χ4v) is 8.78. The molecule has 1 N–H and O–H groups in total. The topological polar surface area (TPSA) is 116 Å². The van der Waals surface area contributed by atoms with Crippen LogP contribution in [0.4, 0.5) is 0 Å². The van der Waals surface area contributed by atoms with Gasteiger partial charge in [-0.25, -0.2) is 0 Å². The summed E-state index contributed by atoms with van der Waals surface area (Å²) in [4.78, 5) is 52.2. The van der Waals surface area contributed by atoms with E-state index in [2.05, 4.69) is 0 Å². The molecule has 0 unspecified atom stereocenters. The molecule has 34 heavy (non-hydrogen) atoms. The first kappa shape index (κ1) is 23.5. The summed E-state index contributed by atoms with van der Waals surface area (Å²) in [5.41, 5.74) is -2.77. The van der Waals surface area contributed by atoms with Gasteiger partial charge in [-0.2, -0.15) is 0 Å². The highest BCUT2D eigenvalue weighted by Gasteiger charge is 2.74. The van der Waals surface area contributed by atoms with Crippen LogP contribution in [0.5, 0.6) is 0 Å². The quantitative estimate of drug-likeness (QED) is 0.619. The molecule has 8 nitrogen and oxygen atoms in total. The number of hydrogen-bond donors (Lipinski definition) is 1. The number of Topliss-reactive ketones (excluding diaryl/α,β-unsaturated/α-hetero) is 2. The second-order valence-electron chi connectivity index (χ2n) is 11.8. The van der Waals surface area contributed by atoms with Crippen LogP contribution in [0.25, 0.3) is 0 Å². The average Bonchev–Trinajstić information content (AvgIpc) is 3.20. The Kier molecular flexibility index (Phi) is 5.11. The van der Waals surface area contributed by atoms with Crippen LogP contribution in [0, 0.1) is 45.8 Å². The second kappa shape index (κ2) is 7.39. The zero-order valence-corrected chi connectivity index (χ0v) is 20.5. The van der Waals surface area contributed by atoms with Gasteiger partial charge in [0.15, 0.2) is 5.76 Å². The molecule has 0 radical (unpaired) electrons. The zero-order valence-electron chi connectivity index (χ0n) is 20.5. The fraction of sp³-hybridized carbons (Fsp3) is 0.769. The van der Waals surface area contributed by atoms with Gasteiger partial charge in [-0.05, 0) is 36.7 Å². The Labute approximate surface area is 199 Å². The van der Waals surface area contributed by atoms with Gasteiger partial charge < -0.3 is 19.3 Å². The Balaban J connectivity index is 1.64. The summed E-state index contributed by atoms with van der Waals surface area (Å²) in [6, 6.07) is 0. The van der Waals surface area contributed by atoms with Gasteiger partial charge in [-0.3, -0.25) is 19.2 Å². The van der Waals surface area contributed by atoms with E-state index in [0.717, 1.165) is 0 Å². The number of rotatable bonds is 3. The van der Waals surface area contributed by atoms with E-state index in [1.807, 2.05) is 33.8 Å². The van der Waals surface area contributed by atoms with E-state index in [0.29, 0.717) is 12.2 Å². The van der Waals surface area contributed by atoms with Crippen LogP contribution in [0.3, 0.4) is 0 Å². The third kappa shape index (κ3) is 2.80. The molecule has 3 aliphatic carbocycles. The first-order chi connectivity index (χ1) is 15.9. The minimum Gasteiger partial charge on any atom is -0.493 e. The van der Waals surface area contributed by atoms with E-state index >= 15 is 0 Å². The van der Waals surface area contributed by atoms with Gasteiger partial charge in [-0.15, -0.1) is 0 Å². The fourth-order valence-electron chi connectivity index (χ4n) is 8.78. The molecule has 0 aromatic heterocycles. The Morgan fingerprint density at radius 3 is 2.47 bits per heavy atom. The number of carbonyl (C=O) groups is 4. The van der Waals surface area contributed by atoms with Crippen LogP contribution in [0.15, 0.2) is 11.8 Å². The van der Waals surface area contributed by atoms with E-state index in [1.54, 1.807) is 0 Å². The smallest absolute Gasteiger partial charge is 0.306 e. The number of aliphatic hydroxyl groups is 1. The summed E-state index contributed by atoms with van der Waals surface area (Å²) in [7, 11) is 1.48. The number of hydrogen-bond acceptors (Lipinski definition) is 8. The molecular formula is C26H34O8. The average molecular weight is 475 g/mol. The van der Waals surface area contributed by atoms with E-state index < -0.39 is 52.2 Å². The molecule has 5 aliphatic rings. The standard InChI is InChI=1S/C26H34O8/c1-12-6-16(32-5)23(31)25(3)14(12)8-18-26(4)17(9-20(29)34-18)24(2,10-15(27)21(25)26)22(30)13-7-19(28)33-11-13/h6,12-15,17-18,21,27H,7-11H2,1-5H3/t12-,13-,14+,15-,17+,18-,21-,24-,25+,26-/m1/s1. The van der Waals surface area contributed by atoms with Gasteiger partial charge >= 0.3 is 11.9 Å². The minimum absolute atomic E-state index is 0.00919. The van der Waals surface area contributed by atoms with Crippen molar-refractivity contribution in [1.29, 1.82) is 0 Å². The summed E-state index contributed by atoms with van der Waals surface area (Å²) in [6.07, 6.45) is 1.01. The van der Waals surface area contributed by atoms with Crippen LogP contribution in [-0.4, -0.2) is 54.5 Å². The van der Waals surface area contributed by atoms with Crippen molar-refractivity contribution in [2.75, 3.05) is 13.7 Å². The Hall–Kier alpha value is -2.22. The van der Waals surface area contributed by atoms with E-state index in [9.17, 15) is 24.3 Å². The predicted octanol–water partition coefficient (Wildman–Crippen LogP) is 2.22. The van der Waals surface area contributed by atoms with Gasteiger partial charge in [0.25, 0.3) is 0 Å². The van der Waals surface area contributed by atoms with Crippen LogP contribution in [0.2, 0.25) is 0 Å². The number of allylic oxidation sites excluding steroid dienone is 2. The van der Waals surface area contributed by atoms with Gasteiger partial charge in [0.1, 0.15) is 18.5 Å². The van der Waals surface area contributed by atoms with Crippen molar-refractivity contribution in [2.24, 2.45) is 45.8 Å². The van der Waals surface area contributed by atoms with Crippen LogP contribution in [0.1, 0.15) is 53.4 Å². The number of fused-ring (bicyclic) bond motifs is 2. The number of carbonyl (C=O) groups excluding carboxylic acids is 4. The molecule has 8 heteroatoms. The van der Waals surface area contributed by atoms with Gasteiger partial charge in [-0.1, -0.05) is 27.7 Å². The number of cyclic esters (lactones) is 1. The Bertz CT molecular complexity index is 1000. The highest BCUT2D eigenvalue weighted by atomic mass is 16.5. The number of ether oxygens (including phenoxy) is 3. The summed E-state index contributed by atoms with van der Waals surface area (Å²) >= 11 is 0. The van der Waals surface area contributed by atoms with E-state index in [4.69, 9.17) is 14.2 Å². The minimum atomic E-state index is -1.05. The largest absolute Gasteiger partial charge is 0.493 e. The third-order valence-electron chi connectivity index (χ3n) is 10.2. The van der Waals surface area contributed by atoms with Crippen LogP contribution in [-0.2, 0) is 33.4 Å². The van der Waals surface area contributed by atoms with Crippen molar-refractivity contribution in [2.45, 2.75) is 65.6 Å². The number of ketones is 2. The molecule has 186 valence electrons. The number of aliphatic hydroxyl groups excluding tert-OH is 1. The maximum Gasteiger partial charge on any atom is 0.306 e. The monoisotopic (exact) mass is 474 g/mol. The molecule has 0 spiro atoms. The molecule has 0 amide bonds. The van der Waals surface area contributed by atoms with Crippen molar-refractivity contribution in [3.63, 3.8) is 0 Å². The molecular weight excluding hydrogens is 440 g/mol. The third-order valence-corrected chi connectivity index (χ3v) is 10.2. The van der Waals surface area contributed by atoms with E-state index in [-0.39, 0.29) is 55.2 Å². The first-order valence-electron chi connectivity index (χ1n) is 12.3. The molecule has 0 aromatic carbocycles. The summed E-state index contributed by atoms with van der Waals surface area (Å²) in [5.74, 6) is -2.43. The van der Waals surface area contributed by atoms with Crippen molar-refractivity contribution in [3.05, 3.63) is 11.8 Å². The Morgan fingerprint density at radius 1 is 1.15 bits per heavy atom. The highest BCUT2D eigenvalue weighted by Crippen LogP contribution is 2.70. The van der Waals surface area contributed by atoms with Crippen molar-refractivity contribution in [1.82, 2.24) is 0 Å². The highest BCUT2D eigenvalue weighted by molar-refractivity contribution is 6.00. The molecule has 10 atom stereocenters. The van der Waals surface area contributed by atoms with Crippen molar-refractivity contribution >= 4 is 23.5 Å². The van der Waals surface area contributed by atoms with Crippen molar-refractivity contribution in [3.8, 4) is 0 Å².